The Kier molecular flexibility index (Phi) is 5.69. The molecule has 6 nitrogen and oxygen atoms in total. The minimum absolute atomic E-state index is 0.0264. The van der Waals surface area contributed by atoms with E-state index in [2.05, 4.69) is 31.2 Å². The molecule has 19 heavy (non-hydrogen) atoms. The van der Waals surface area contributed by atoms with Crippen LogP contribution in [-0.2, 0) is 10.0 Å². The van der Waals surface area contributed by atoms with Crippen molar-refractivity contribution in [1.29, 1.82) is 0 Å². The smallest absolute Gasteiger partial charge is 0.215 e. The average Bonchev–Trinajstić information content (AvgIpc) is 2.27. The lowest BCUT2D eigenvalue weighted by atomic mass is 10.2. The van der Waals surface area contributed by atoms with Gasteiger partial charge in [-0.1, -0.05) is 13.8 Å². The molecule has 0 fully saturated rings. The summed E-state index contributed by atoms with van der Waals surface area (Å²) in [5.74, 6) is 1.58. The molecule has 0 spiro atoms. The van der Waals surface area contributed by atoms with Crippen LogP contribution in [0.25, 0.3) is 0 Å². The Morgan fingerprint density at radius 2 is 2.00 bits per heavy atom. The van der Waals surface area contributed by atoms with E-state index in [1.807, 2.05) is 13.8 Å². The Labute approximate surface area is 122 Å². The number of nitrogens with one attached hydrogen (secondary N) is 1. The van der Waals surface area contributed by atoms with Crippen molar-refractivity contribution in [1.82, 2.24) is 14.3 Å². The van der Waals surface area contributed by atoms with Gasteiger partial charge in [0, 0.05) is 32.6 Å². The zero-order chi connectivity index (χ0) is 14.6. The molecule has 1 aromatic heterocycles. The summed E-state index contributed by atoms with van der Waals surface area (Å²) >= 11 is 3.32. The summed E-state index contributed by atoms with van der Waals surface area (Å²) in [5, 5.41) is 3.00. The summed E-state index contributed by atoms with van der Waals surface area (Å²) < 4.78 is 25.1. The van der Waals surface area contributed by atoms with Gasteiger partial charge in [-0.2, -0.15) is 0 Å². The predicted octanol–water partition coefficient (Wildman–Crippen LogP) is 1.67. The van der Waals surface area contributed by atoms with Gasteiger partial charge in [0.15, 0.2) is 0 Å². The van der Waals surface area contributed by atoms with Gasteiger partial charge in [-0.05, 0) is 15.9 Å². The standard InChI is InChI=1S/C11H19BrN4O2S/c1-8(2)11-14-9(12)7-10(15-11)13-5-6-19(17,18)16(3)4/h7-8H,5-6H2,1-4H3,(H,13,14,15). The molecular formula is C11H19BrN4O2S. The van der Waals surface area contributed by atoms with E-state index in [1.54, 1.807) is 6.07 Å². The minimum Gasteiger partial charge on any atom is -0.369 e. The fourth-order valence-electron chi connectivity index (χ4n) is 1.27. The van der Waals surface area contributed by atoms with Crippen LogP contribution < -0.4 is 5.32 Å². The van der Waals surface area contributed by atoms with Gasteiger partial charge in [0.25, 0.3) is 0 Å². The fourth-order valence-corrected chi connectivity index (χ4v) is 2.40. The Balaban J connectivity index is 2.69. The maximum absolute atomic E-state index is 11.6. The first-order valence-electron chi connectivity index (χ1n) is 5.91. The van der Waals surface area contributed by atoms with Gasteiger partial charge in [0.1, 0.15) is 16.2 Å². The van der Waals surface area contributed by atoms with Crippen LogP contribution in [0.15, 0.2) is 10.7 Å². The van der Waals surface area contributed by atoms with Crippen LogP contribution >= 0.6 is 15.9 Å². The molecular weight excluding hydrogens is 332 g/mol. The number of nitrogens with zero attached hydrogens (tertiary/aromatic N) is 3. The SMILES string of the molecule is CC(C)c1nc(Br)cc(NCCS(=O)(=O)N(C)C)n1. The van der Waals surface area contributed by atoms with Crippen LogP contribution in [0.1, 0.15) is 25.6 Å². The molecule has 0 amide bonds. The second kappa shape index (κ2) is 6.62. The molecule has 1 N–H and O–H groups in total. The molecule has 1 aromatic rings. The molecule has 0 saturated heterocycles. The maximum atomic E-state index is 11.6. The number of rotatable bonds is 6. The average molecular weight is 351 g/mol. The third kappa shape index (κ3) is 5.04. The van der Waals surface area contributed by atoms with Gasteiger partial charge >= 0.3 is 0 Å². The number of hydrogen-bond acceptors (Lipinski definition) is 5. The molecule has 8 heteroatoms. The fraction of sp³-hybridized carbons (Fsp3) is 0.636. The maximum Gasteiger partial charge on any atom is 0.215 e. The van der Waals surface area contributed by atoms with Crippen LogP contribution in [0.3, 0.4) is 0 Å². The van der Waals surface area contributed by atoms with Crippen molar-refractivity contribution in [3.63, 3.8) is 0 Å². The zero-order valence-corrected chi connectivity index (χ0v) is 13.9. The van der Waals surface area contributed by atoms with Crippen molar-refractivity contribution < 1.29 is 8.42 Å². The Bertz CT molecular complexity index is 531. The molecule has 1 heterocycles. The van der Waals surface area contributed by atoms with Crippen LogP contribution in [0.5, 0.6) is 0 Å². The Morgan fingerprint density at radius 3 is 2.53 bits per heavy atom. The van der Waals surface area contributed by atoms with Gasteiger partial charge in [0.05, 0.1) is 5.75 Å². The quantitative estimate of drug-likeness (QED) is 0.789. The molecule has 0 unspecified atom stereocenters. The van der Waals surface area contributed by atoms with Gasteiger partial charge in [0.2, 0.25) is 10.0 Å². The van der Waals surface area contributed by atoms with E-state index in [0.717, 1.165) is 0 Å². The molecule has 1 rings (SSSR count). The number of anilines is 1. The summed E-state index contributed by atoms with van der Waals surface area (Å²) in [6, 6.07) is 1.73. The van der Waals surface area contributed by atoms with Crippen molar-refractivity contribution in [3.05, 3.63) is 16.5 Å². The molecule has 0 aliphatic heterocycles. The normalized spacial score (nSPS) is 12.2. The van der Waals surface area contributed by atoms with Crippen molar-refractivity contribution in [2.24, 2.45) is 0 Å². The Hall–Kier alpha value is -0.730. The van der Waals surface area contributed by atoms with Crippen molar-refractivity contribution in [3.8, 4) is 0 Å². The molecule has 0 radical (unpaired) electrons. The molecule has 0 aromatic carbocycles. The summed E-state index contributed by atoms with van der Waals surface area (Å²) in [7, 11) is -0.147. The van der Waals surface area contributed by atoms with Crippen LogP contribution in [0, 0.1) is 0 Å². The van der Waals surface area contributed by atoms with E-state index in [0.29, 0.717) is 22.8 Å². The van der Waals surface area contributed by atoms with Crippen LogP contribution in [0.4, 0.5) is 5.82 Å². The second-order valence-corrected chi connectivity index (χ2v) is 7.73. The monoisotopic (exact) mass is 350 g/mol. The van der Waals surface area contributed by atoms with E-state index in [-0.39, 0.29) is 11.7 Å². The molecule has 0 aliphatic carbocycles. The predicted molar refractivity (Wildman–Crippen MR) is 79.8 cm³/mol. The first-order valence-corrected chi connectivity index (χ1v) is 8.31. The van der Waals surface area contributed by atoms with Crippen molar-refractivity contribution in [2.45, 2.75) is 19.8 Å². The lowest BCUT2D eigenvalue weighted by molar-refractivity contribution is 0.521. The lowest BCUT2D eigenvalue weighted by Gasteiger charge is -2.12. The number of hydrogen-bond donors (Lipinski definition) is 1. The van der Waals surface area contributed by atoms with E-state index in [4.69, 9.17) is 0 Å². The summed E-state index contributed by atoms with van der Waals surface area (Å²) in [4.78, 5) is 8.59. The highest BCUT2D eigenvalue weighted by atomic mass is 79.9. The third-order valence-electron chi connectivity index (χ3n) is 2.45. The summed E-state index contributed by atoms with van der Waals surface area (Å²) in [5.41, 5.74) is 0. The van der Waals surface area contributed by atoms with E-state index in [9.17, 15) is 8.42 Å². The highest BCUT2D eigenvalue weighted by Gasteiger charge is 2.13. The zero-order valence-electron chi connectivity index (χ0n) is 11.5. The molecule has 108 valence electrons. The Morgan fingerprint density at radius 1 is 1.37 bits per heavy atom. The van der Waals surface area contributed by atoms with E-state index in [1.165, 1.54) is 18.4 Å². The topological polar surface area (TPSA) is 75.2 Å². The summed E-state index contributed by atoms with van der Waals surface area (Å²) in [6.45, 7) is 4.31. The van der Waals surface area contributed by atoms with Crippen LogP contribution in [-0.4, -0.2) is 49.1 Å². The number of halogens is 1. The largest absolute Gasteiger partial charge is 0.369 e. The second-order valence-electron chi connectivity index (χ2n) is 4.61. The number of sulfonamides is 1. The summed E-state index contributed by atoms with van der Waals surface area (Å²) in [6.07, 6.45) is 0. The minimum atomic E-state index is -3.19. The third-order valence-corrected chi connectivity index (χ3v) is 4.69. The van der Waals surface area contributed by atoms with E-state index >= 15 is 0 Å². The molecule has 0 bridgehead atoms. The van der Waals surface area contributed by atoms with Gasteiger partial charge in [-0.25, -0.2) is 22.7 Å². The van der Waals surface area contributed by atoms with Gasteiger partial charge in [-0.3, -0.25) is 0 Å². The molecule has 0 atom stereocenters. The lowest BCUT2D eigenvalue weighted by Crippen LogP contribution is -2.28. The van der Waals surface area contributed by atoms with Gasteiger partial charge < -0.3 is 5.32 Å². The molecule has 0 aliphatic rings. The molecule has 0 saturated carbocycles. The highest BCUT2D eigenvalue weighted by molar-refractivity contribution is 9.10. The highest BCUT2D eigenvalue weighted by Crippen LogP contribution is 2.17. The van der Waals surface area contributed by atoms with Crippen molar-refractivity contribution in [2.75, 3.05) is 31.7 Å². The van der Waals surface area contributed by atoms with Crippen molar-refractivity contribution >= 4 is 31.8 Å². The van der Waals surface area contributed by atoms with Gasteiger partial charge in [-0.15, -0.1) is 0 Å². The van der Waals surface area contributed by atoms with E-state index < -0.39 is 10.0 Å². The first kappa shape index (κ1) is 16.3. The first-order chi connectivity index (χ1) is 8.72. The number of aromatic nitrogens is 2. The van der Waals surface area contributed by atoms with Crippen LogP contribution in [0.2, 0.25) is 0 Å².